The maximum absolute atomic E-state index is 13.8. The molecule has 12 heteroatoms. The lowest BCUT2D eigenvalue weighted by atomic mass is 10.2. The van der Waals surface area contributed by atoms with Crippen LogP contribution in [-0.2, 0) is 4.74 Å². The Morgan fingerprint density at radius 3 is 2.90 bits per heavy atom. The van der Waals surface area contributed by atoms with Gasteiger partial charge < -0.3 is 14.7 Å². The van der Waals surface area contributed by atoms with Crippen molar-refractivity contribution in [2.24, 2.45) is 5.16 Å². The van der Waals surface area contributed by atoms with Crippen molar-refractivity contribution in [1.82, 2.24) is 14.3 Å². The second kappa shape index (κ2) is 9.09. The zero-order valence-electron chi connectivity index (χ0n) is 14.7. The van der Waals surface area contributed by atoms with E-state index < -0.39 is 11.9 Å². The number of benzene rings is 1. The van der Waals surface area contributed by atoms with Crippen LogP contribution < -0.4 is 10.1 Å². The number of hydrogen-bond acceptors (Lipinski definition) is 7. The molecule has 2 heterocycles. The van der Waals surface area contributed by atoms with Gasteiger partial charge in [-0.05, 0) is 35.0 Å². The zero-order valence-corrected chi connectivity index (χ0v) is 17.1. The Balaban J connectivity index is 1.91. The number of alkyl carbamates (subject to hydrolysis) is 1. The van der Waals surface area contributed by atoms with Gasteiger partial charge in [0.15, 0.2) is 24.0 Å². The predicted octanol–water partition coefficient (Wildman–Crippen LogP) is 4.99. The minimum atomic E-state index is -0.792. The van der Waals surface area contributed by atoms with E-state index in [9.17, 15) is 18.3 Å². The number of rotatable bonds is 5. The van der Waals surface area contributed by atoms with Crippen molar-refractivity contribution in [3.05, 3.63) is 52.4 Å². The molecular weight excluding hydrogens is 474 g/mol. The van der Waals surface area contributed by atoms with E-state index in [4.69, 9.17) is 9.47 Å². The summed E-state index contributed by atoms with van der Waals surface area (Å²) in [5.41, 5.74) is 0.808. The first kappa shape index (κ1) is 20.9. The van der Waals surface area contributed by atoms with E-state index in [1.54, 1.807) is 25.1 Å². The van der Waals surface area contributed by atoms with Gasteiger partial charge in [0, 0.05) is 17.7 Å². The number of pyridine rings is 1. The lowest BCUT2D eigenvalue weighted by Crippen LogP contribution is -2.31. The number of nitrogens with zero attached hydrogens (tertiary/aromatic N) is 3. The van der Waals surface area contributed by atoms with Crippen LogP contribution in [0.5, 0.6) is 11.6 Å². The fourth-order valence-electron chi connectivity index (χ4n) is 2.42. The number of aromatic nitrogens is 2. The Morgan fingerprint density at radius 1 is 1.41 bits per heavy atom. The van der Waals surface area contributed by atoms with Crippen molar-refractivity contribution in [3.63, 3.8) is 0 Å². The SMILES string of the molecule is CCOC(=O)N/C(=N\O)c1cccc(Oc2cc3nc(Br)c(F)cc3n2SF)c1. The summed E-state index contributed by atoms with van der Waals surface area (Å²) in [7, 11) is 0. The number of carbonyl (C=O) groups is 1. The van der Waals surface area contributed by atoms with Crippen LogP contribution in [0.1, 0.15) is 12.5 Å². The highest BCUT2D eigenvalue weighted by atomic mass is 79.9. The number of carbonyl (C=O) groups excluding carboxylic acids is 1. The van der Waals surface area contributed by atoms with E-state index in [0.29, 0.717) is 11.1 Å². The normalized spacial score (nSPS) is 11.5. The highest BCUT2D eigenvalue weighted by molar-refractivity contribution is 9.10. The van der Waals surface area contributed by atoms with Crippen LogP contribution >= 0.6 is 28.3 Å². The van der Waals surface area contributed by atoms with Gasteiger partial charge in [0.2, 0.25) is 5.88 Å². The highest BCUT2D eigenvalue weighted by Crippen LogP contribution is 2.34. The molecular formula is C17H13BrF2N4O4S. The molecule has 0 spiro atoms. The molecule has 0 aliphatic rings. The fourth-order valence-corrected chi connectivity index (χ4v) is 3.11. The zero-order chi connectivity index (χ0) is 21.0. The molecule has 1 aromatic carbocycles. The van der Waals surface area contributed by atoms with E-state index >= 15 is 0 Å². The lowest BCUT2D eigenvalue weighted by Gasteiger charge is -2.10. The van der Waals surface area contributed by atoms with E-state index in [1.165, 1.54) is 12.1 Å². The number of fused-ring (bicyclic) bond motifs is 1. The first-order valence-electron chi connectivity index (χ1n) is 8.07. The topological polar surface area (TPSA) is 98.0 Å². The van der Waals surface area contributed by atoms with Crippen molar-refractivity contribution in [3.8, 4) is 11.6 Å². The average Bonchev–Trinajstić information content (AvgIpc) is 3.02. The highest BCUT2D eigenvalue weighted by Gasteiger charge is 2.17. The van der Waals surface area contributed by atoms with Crippen molar-refractivity contribution in [2.45, 2.75) is 6.92 Å². The van der Waals surface area contributed by atoms with Crippen LogP contribution in [0.2, 0.25) is 0 Å². The molecule has 0 fully saturated rings. The Hall–Kier alpha value is -2.86. The van der Waals surface area contributed by atoms with Crippen LogP contribution in [0.4, 0.5) is 13.1 Å². The number of oxime groups is 1. The van der Waals surface area contributed by atoms with Crippen LogP contribution in [0.3, 0.4) is 0 Å². The van der Waals surface area contributed by atoms with E-state index in [2.05, 4.69) is 31.4 Å². The first-order chi connectivity index (χ1) is 14.0. The molecule has 0 atom stereocenters. The number of ether oxygens (including phenoxy) is 2. The maximum atomic E-state index is 13.8. The number of nitrogens with one attached hydrogen (secondary N) is 1. The summed E-state index contributed by atoms with van der Waals surface area (Å²) in [4.78, 5) is 15.6. The molecule has 3 rings (SSSR count). The van der Waals surface area contributed by atoms with Crippen molar-refractivity contribution >= 4 is 51.2 Å². The third-order valence-corrected chi connectivity index (χ3v) is 4.69. The molecule has 3 aromatic rings. The van der Waals surface area contributed by atoms with Gasteiger partial charge in [0.25, 0.3) is 0 Å². The molecule has 0 aliphatic carbocycles. The number of hydrogen-bond donors (Lipinski definition) is 2. The van der Waals surface area contributed by atoms with Crippen LogP contribution in [0.15, 0.2) is 46.2 Å². The van der Waals surface area contributed by atoms with Gasteiger partial charge >= 0.3 is 6.09 Å². The Labute approximate surface area is 176 Å². The standard InChI is InChI=1S/C17H13BrF2N4O4S/c1-2-27-17(25)22-16(23-26)9-4-3-5-10(6-9)28-14-8-12-13(24(14)29-20)7-11(19)15(18)21-12/h3-8,26H,2H2,1H3,(H,22,23,25). The minimum absolute atomic E-state index is 0.00612. The van der Waals surface area contributed by atoms with Gasteiger partial charge in [0.1, 0.15) is 10.4 Å². The number of halogens is 3. The molecule has 29 heavy (non-hydrogen) atoms. The van der Waals surface area contributed by atoms with Crippen LogP contribution in [-0.4, -0.2) is 32.7 Å². The summed E-state index contributed by atoms with van der Waals surface area (Å²) >= 11 is 2.81. The van der Waals surface area contributed by atoms with E-state index in [-0.39, 0.29) is 46.5 Å². The number of amides is 1. The summed E-state index contributed by atoms with van der Waals surface area (Å²) in [5.74, 6) is -0.516. The van der Waals surface area contributed by atoms with E-state index in [0.717, 1.165) is 10.0 Å². The smallest absolute Gasteiger partial charge is 0.412 e. The number of amidine groups is 1. The van der Waals surface area contributed by atoms with Gasteiger partial charge in [-0.25, -0.2) is 18.1 Å². The predicted molar refractivity (Wildman–Crippen MR) is 106 cm³/mol. The molecule has 0 unspecified atom stereocenters. The van der Waals surface area contributed by atoms with Gasteiger partial charge in [-0.15, -0.1) is 3.89 Å². The molecule has 2 aromatic heterocycles. The molecule has 0 aliphatic heterocycles. The largest absolute Gasteiger partial charge is 0.450 e. The van der Waals surface area contributed by atoms with Gasteiger partial charge in [-0.1, -0.05) is 17.3 Å². The maximum Gasteiger partial charge on any atom is 0.412 e. The monoisotopic (exact) mass is 486 g/mol. The van der Waals surface area contributed by atoms with Gasteiger partial charge in [0.05, 0.1) is 17.6 Å². The summed E-state index contributed by atoms with van der Waals surface area (Å²) < 4.78 is 38.7. The molecule has 8 nitrogen and oxygen atoms in total. The Bertz CT molecular complexity index is 1090. The summed E-state index contributed by atoms with van der Waals surface area (Å²) in [6, 6.07) is 8.72. The third-order valence-electron chi connectivity index (χ3n) is 3.62. The molecule has 0 saturated carbocycles. The second-order valence-corrected chi connectivity index (χ2v) is 6.69. The first-order valence-corrected chi connectivity index (χ1v) is 9.54. The quantitative estimate of drug-likeness (QED) is 0.173. The molecule has 0 saturated heterocycles. The minimum Gasteiger partial charge on any atom is -0.450 e. The lowest BCUT2D eigenvalue weighted by molar-refractivity contribution is 0.157. The summed E-state index contributed by atoms with van der Waals surface area (Å²) in [6.07, 6.45) is -0.792. The Morgan fingerprint density at radius 2 is 2.21 bits per heavy atom. The Kier molecular flexibility index (Phi) is 6.54. The average molecular weight is 487 g/mol. The van der Waals surface area contributed by atoms with E-state index in [1.807, 2.05) is 0 Å². The van der Waals surface area contributed by atoms with Gasteiger partial charge in [-0.2, -0.15) is 0 Å². The third kappa shape index (κ3) is 4.59. The molecule has 2 N–H and O–H groups in total. The van der Waals surface area contributed by atoms with Crippen molar-refractivity contribution in [2.75, 3.05) is 6.61 Å². The molecule has 1 amide bonds. The summed E-state index contributed by atoms with van der Waals surface area (Å²) in [5, 5.41) is 14.5. The molecule has 0 radical (unpaired) electrons. The van der Waals surface area contributed by atoms with Crippen LogP contribution in [0.25, 0.3) is 11.0 Å². The van der Waals surface area contributed by atoms with Crippen molar-refractivity contribution in [1.29, 1.82) is 0 Å². The second-order valence-electron chi connectivity index (χ2n) is 5.44. The van der Waals surface area contributed by atoms with Gasteiger partial charge in [-0.3, -0.25) is 5.32 Å². The molecule has 152 valence electrons. The summed E-state index contributed by atoms with van der Waals surface area (Å²) in [6.45, 7) is 1.77. The van der Waals surface area contributed by atoms with Crippen molar-refractivity contribution < 1.29 is 27.8 Å². The fraction of sp³-hybridized carbons (Fsp3) is 0.118. The molecule has 0 bridgehead atoms. The van der Waals surface area contributed by atoms with Crippen LogP contribution in [0, 0.1) is 5.82 Å².